The molecular formula is C14H26O2. The summed E-state index contributed by atoms with van der Waals surface area (Å²) in [7, 11) is 0. The van der Waals surface area contributed by atoms with Crippen molar-refractivity contribution in [2.75, 3.05) is 6.61 Å². The first kappa shape index (κ1) is 15.2. The van der Waals surface area contributed by atoms with Gasteiger partial charge < -0.3 is 4.74 Å². The SMILES string of the molecule is CC(C)=CCC[C@H](C)CCOC(=O)C(C)C. The third-order valence-corrected chi connectivity index (χ3v) is 2.54. The Bertz CT molecular complexity index is 225. The maximum atomic E-state index is 11.2. The van der Waals surface area contributed by atoms with Crippen molar-refractivity contribution in [2.24, 2.45) is 11.8 Å². The van der Waals surface area contributed by atoms with E-state index in [9.17, 15) is 4.79 Å². The largest absolute Gasteiger partial charge is 0.465 e. The van der Waals surface area contributed by atoms with Gasteiger partial charge >= 0.3 is 5.97 Å². The van der Waals surface area contributed by atoms with Gasteiger partial charge in [0, 0.05) is 0 Å². The number of hydrogen-bond donors (Lipinski definition) is 0. The van der Waals surface area contributed by atoms with Gasteiger partial charge in [-0.2, -0.15) is 0 Å². The smallest absolute Gasteiger partial charge is 0.308 e. The highest BCUT2D eigenvalue weighted by atomic mass is 16.5. The van der Waals surface area contributed by atoms with Crippen LogP contribution in [0.3, 0.4) is 0 Å². The Balaban J connectivity index is 3.54. The molecule has 0 aliphatic heterocycles. The molecule has 1 atom stereocenters. The Morgan fingerprint density at radius 3 is 2.31 bits per heavy atom. The highest BCUT2D eigenvalue weighted by Gasteiger charge is 2.08. The molecule has 2 heteroatoms. The molecule has 0 aliphatic carbocycles. The lowest BCUT2D eigenvalue weighted by Crippen LogP contribution is -2.13. The van der Waals surface area contributed by atoms with E-state index in [0.29, 0.717) is 12.5 Å². The molecule has 16 heavy (non-hydrogen) atoms. The zero-order valence-corrected chi connectivity index (χ0v) is 11.4. The highest BCUT2D eigenvalue weighted by Crippen LogP contribution is 2.12. The van der Waals surface area contributed by atoms with E-state index in [1.165, 1.54) is 12.0 Å². The summed E-state index contributed by atoms with van der Waals surface area (Å²) >= 11 is 0. The summed E-state index contributed by atoms with van der Waals surface area (Å²) in [5.41, 5.74) is 1.37. The molecule has 0 aromatic heterocycles. The molecule has 0 unspecified atom stereocenters. The average molecular weight is 226 g/mol. The molecule has 0 aliphatic rings. The summed E-state index contributed by atoms with van der Waals surface area (Å²) in [6, 6.07) is 0. The molecule has 0 bridgehead atoms. The van der Waals surface area contributed by atoms with Crippen LogP contribution in [0.4, 0.5) is 0 Å². The topological polar surface area (TPSA) is 26.3 Å². The van der Waals surface area contributed by atoms with Gasteiger partial charge in [-0.25, -0.2) is 0 Å². The van der Waals surface area contributed by atoms with Crippen LogP contribution in [0, 0.1) is 11.8 Å². The average Bonchev–Trinajstić information content (AvgIpc) is 2.16. The van der Waals surface area contributed by atoms with Gasteiger partial charge in [0.1, 0.15) is 0 Å². The number of allylic oxidation sites excluding steroid dienone is 2. The molecule has 0 N–H and O–H groups in total. The fourth-order valence-electron chi connectivity index (χ4n) is 1.33. The summed E-state index contributed by atoms with van der Waals surface area (Å²) in [5.74, 6) is 0.521. The minimum atomic E-state index is -0.0866. The molecule has 2 nitrogen and oxygen atoms in total. The fourth-order valence-corrected chi connectivity index (χ4v) is 1.33. The second kappa shape index (κ2) is 8.37. The minimum Gasteiger partial charge on any atom is -0.465 e. The quantitative estimate of drug-likeness (QED) is 0.485. The predicted octanol–water partition coefficient (Wildman–Crippen LogP) is 3.96. The van der Waals surface area contributed by atoms with Gasteiger partial charge in [0.05, 0.1) is 12.5 Å². The number of hydrogen-bond acceptors (Lipinski definition) is 2. The lowest BCUT2D eigenvalue weighted by molar-refractivity contribution is -0.147. The Labute approximate surface area is 100 Å². The van der Waals surface area contributed by atoms with E-state index >= 15 is 0 Å². The summed E-state index contributed by atoms with van der Waals surface area (Å²) in [4.78, 5) is 11.2. The van der Waals surface area contributed by atoms with E-state index in [4.69, 9.17) is 4.74 Å². The van der Waals surface area contributed by atoms with Crippen LogP contribution in [0.5, 0.6) is 0 Å². The van der Waals surface area contributed by atoms with Crippen LogP contribution in [0.15, 0.2) is 11.6 Å². The monoisotopic (exact) mass is 226 g/mol. The van der Waals surface area contributed by atoms with Crippen molar-refractivity contribution in [1.82, 2.24) is 0 Å². The van der Waals surface area contributed by atoms with E-state index in [1.54, 1.807) is 0 Å². The maximum absolute atomic E-state index is 11.2. The molecular weight excluding hydrogens is 200 g/mol. The molecule has 0 radical (unpaired) electrons. The van der Waals surface area contributed by atoms with Gasteiger partial charge in [-0.05, 0) is 39.0 Å². The van der Waals surface area contributed by atoms with E-state index in [1.807, 2.05) is 13.8 Å². The highest BCUT2D eigenvalue weighted by molar-refractivity contribution is 5.71. The first-order valence-electron chi connectivity index (χ1n) is 6.23. The van der Waals surface area contributed by atoms with Crippen molar-refractivity contribution in [3.05, 3.63) is 11.6 Å². The van der Waals surface area contributed by atoms with Crippen molar-refractivity contribution in [2.45, 2.75) is 53.9 Å². The molecule has 0 fully saturated rings. The summed E-state index contributed by atoms with van der Waals surface area (Å²) < 4.78 is 5.15. The minimum absolute atomic E-state index is 0.0130. The van der Waals surface area contributed by atoms with Crippen LogP contribution >= 0.6 is 0 Å². The van der Waals surface area contributed by atoms with Crippen LogP contribution in [0.25, 0.3) is 0 Å². The molecule has 0 amide bonds. The van der Waals surface area contributed by atoms with Crippen molar-refractivity contribution in [3.63, 3.8) is 0 Å². The summed E-state index contributed by atoms with van der Waals surface area (Å²) in [5, 5.41) is 0. The number of esters is 1. The second-order valence-electron chi connectivity index (χ2n) is 5.07. The van der Waals surface area contributed by atoms with E-state index in [0.717, 1.165) is 12.8 Å². The Morgan fingerprint density at radius 2 is 1.81 bits per heavy atom. The lowest BCUT2D eigenvalue weighted by atomic mass is 10.0. The Hall–Kier alpha value is -0.790. The Kier molecular flexibility index (Phi) is 7.96. The number of carbonyl (C=O) groups is 1. The standard InChI is InChI=1S/C14H26O2/c1-11(2)7-6-8-13(5)9-10-16-14(15)12(3)4/h7,12-13H,6,8-10H2,1-5H3/t13-/m0/s1. The Morgan fingerprint density at radius 1 is 1.19 bits per heavy atom. The van der Waals surface area contributed by atoms with Crippen molar-refractivity contribution in [1.29, 1.82) is 0 Å². The van der Waals surface area contributed by atoms with Crippen LogP contribution in [-0.4, -0.2) is 12.6 Å². The van der Waals surface area contributed by atoms with E-state index in [2.05, 4.69) is 26.8 Å². The van der Waals surface area contributed by atoms with Gasteiger partial charge in [-0.1, -0.05) is 32.4 Å². The number of ether oxygens (including phenoxy) is 1. The number of carbonyl (C=O) groups excluding carboxylic acids is 1. The first-order valence-corrected chi connectivity index (χ1v) is 6.23. The van der Waals surface area contributed by atoms with Crippen LogP contribution < -0.4 is 0 Å². The molecule has 94 valence electrons. The molecule has 0 aromatic carbocycles. The van der Waals surface area contributed by atoms with Crippen molar-refractivity contribution < 1.29 is 9.53 Å². The van der Waals surface area contributed by atoms with E-state index < -0.39 is 0 Å². The van der Waals surface area contributed by atoms with Crippen LogP contribution in [-0.2, 0) is 9.53 Å². The molecule has 0 rings (SSSR count). The molecule has 0 aromatic rings. The van der Waals surface area contributed by atoms with Gasteiger partial charge in [0.2, 0.25) is 0 Å². The number of rotatable bonds is 7. The second-order valence-corrected chi connectivity index (χ2v) is 5.07. The summed E-state index contributed by atoms with van der Waals surface area (Å²) in [6.45, 7) is 10.7. The first-order chi connectivity index (χ1) is 7.43. The fraction of sp³-hybridized carbons (Fsp3) is 0.786. The predicted molar refractivity (Wildman–Crippen MR) is 68.2 cm³/mol. The van der Waals surface area contributed by atoms with E-state index in [-0.39, 0.29) is 11.9 Å². The normalized spacial score (nSPS) is 12.4. The van der Waals surface area contributed by atoms with Gasteiger partial charge in [-0.15, -0.1) is 0 Å². The van der Waals surface area contributed by atoms with Gasteiger partial charge in [0.15, 0.2) is 0 Å². The molecule has 0 saturated heterocycles. The van der Waals surface area contributed by atoms with Crippen LogP contribution in [0.1, 0.15) is 53.9 Å². The molecule has 0 heterocycles. The van der Waals surface area contributed by atoms with Crippen molar-refractivity contribution in [3.8, 4) is 0 Å². The van der Waals surface area contributed by atoms with Gasteiger partial charge in [-0.3, -0.25) is 4.79 Å². The van der Waals surface area contributed by atoms with Gasteiger partial charge in [0.25, 0.3) is 0 Å². The molecule has 0 saturated carbocycles. The van der Waals surface area contributed by atoms with Crippen molar-refractivity contribution >= 4 is 5.97 Å². The molecule has 0 spiro atoms. The zero-order valence-electron chi connectivity index (χ0n) is 11.4. The summed E-state index contributed by atoms with van der Waals surface area (Å²) in [6.07, 6.45) is 5.53. The lowest BCUT2D eigenvalue weighted by Gasteiger charge is -2.11. The maximum Gasteiger partial charge on any atom is 0.308 e. The third kappa shape index (κ3) is 8.51. The van der Waals surface area contributed by atoms with Crippen LogP contribution in [0.2, 0.25) is 0 Å². The zero-order chi connectivity index (χ0) is 12.6. The third-order valence-electron chi connectivity index (χ3n) is 2.54.